The first-order valence-electron chi connectivity index (χ1n) is 6.32. The highest BCUT2D eigenvalue weighted by Gasteiger charge is 2.29. The van der Waals surface area contributed by atoms with E-state index < -0.39 is 5.97 Å². The van der Waals surface area contributed by atoms with Gasteiger partial charge >= 0.3 is 5.97 Å². The third-order valence-corrected chi connectivity index (χ3v) is 4.02. The van der Waals surface area contributed by atoms with Crippen LogP contribution in [0.5, 0.6) is 0 Å². The van der Waals surface area contributed by atoms with E-state index >= 15 is 0 Å². The van der Waals surface area contributed by atoms with E-state index in [0.29, 0.717) is 24.0 Å². The first-order chi connectivity index (χ1) is 7.68. The molecule has 90 valence electrons. The van der Waals surface area contributed by atoms with Gasteiger partial charge in [0.2, 0.25) is 0 Å². The third-order valence-electron chi connectivity index (χ3n) is 4.02. The number of rotatable bonds is 2. The second-order valence-corrected chi connectivity index (χ2v) is 5.12. The zero-order valence-electron chi connectivity index (χ0n) is 9.98. The van der Waals surface area contributed by atoms with Crippen molar-refractivity contribution in [3.8, 4) is 0 Å². The minimum absolute atomic E-state index is 0.361. The van der Waals surface area contributed by atoms with Crippen LogP contribution in [-0.2, 0) is 4.79 Å². The maximum absolute atomic E-state index is 11.0. The standard InChI is InChI=1S/C13H21NO2/c1-14-8-7-11(13(15)16)9-12(14)10-5-3-2-4-6-10/h9-10,12H,2-8H2,1H3,(H,15,16). The predicted molar refractivity (Wildman–Crippen MR) is 63.3 cm³/mol. The number of aliphatic carboxylic acids is 1. The SMILES string of the molecule is CN1CCC(C(=O)O)=CC1C1CCCCC1. The number of nitrogens with zero attached hydrogens (tertiary/aromatic N) is 1. The minimum Gasteiger partial charge on any atom is -0.478 e. The van der Waals surface area contributed by atoms with Crippen molar-refractivity contribution >= 4 is 5.97 Å². The molecule has 3 heteroatoms. The number of hydrogen-bond donors (Lipinski definition) is 1. The number of hydrogen-bond acceptors (Lipinski definition) is 2. The Kier molecular flexibility index (Phi) is 3.64. The zero-order chi connectivity index (χ0) is 11.5. The first-order valence-corrected chi connectivity index (χ1v) is 6.32. The Bertz CT molecular complexity index is 292. The molecule has 0 aromatic rings. The lowest BCUT2D eigenvalue weighted by molar-refractivity contribution is -0.133. The molecular weight excluding hydrogens is 202 g/mol. The maximum atomic E-state index is 11.0. The van der Waals surface area contributed by atoms with E-state index in [4.69, 9.17) is 5.11 Å². The normalized spacial score (nSPS) is 28.8. The first kappa shape index (κ1) is 11.6. The van der Waals surface area contributed by atoms with Gasteiger partial charge in [0.15, 0.2) is 0 Å². The van der Waals surface area contributed by atoms with Crippen LogP contribution in [0.15, 0.2) is 11.6 Å². The molecule has 1 saturated carbocycles. The van der Waals surface area contributed by atoms with E-state index in [1.54, 1.807) is 0 Å². The summed E-state index contributed by atoms with van der Waals surface area (Å²) in [5, 5.41) is 9.05. The van der Waals surface area contributed by atoms with Gasteiger partial charge in [0, 0.05) is 18.2 Å². The summed E-state index contributed by atoms with van der Waals surface area (Å²) in [6.07, 6.45) is 9.19. The summed E-state index contributed by atoms with van der Waals surface area (Å²) in [4.78, 5) is 13.3. The molecule has 0 spiro atoms. The van der Waals surface area contributed by atoms with Gasteiger partial charge in [0.25, 0.3) is 0 Å². The lowest BCUT2D eigenvalue weighted by atomic mass is 9.81. The average Bonchev–Trinajstić information content (AvgIpc) is 2.30. The molecule has 16 heavy (non-hydrogen) atoms. The fraction of sp³-hybridized carbons (Fsp3) is 0.769. The molecule has 1 heterocycles. The fourth-order valence-corrected chi connectivity index (χ4v) is 3.01. The van der Waals surface area contributed by atoms with E-state index in [1.165, 1.54) is 32.1 Å². The minimum atomic E-state index is -0.728. The second kappa shape index (κ2) is 5.00. The Morgan fingerprint density at radius 1 is 1.38 bits per heavy atom. The highest BCUT2D eigenvalue weighted by molar-refractivity contribution is 5.86. The smallest absolute Gasteiger partial charge is 0.331 e. The monoisotopic (exact) mass is 223 g/mol. The molecule has 2 rings (SSSR count). The molecule has 0 bridgehead atoms. The summed E-state index contributed by atoms with van der Waals surface area (Å²) in [6, 6.07) is 0.361. The van der Waals surface area contributed by atoms with Gasteiger partial charge in [-0.2, -0.15) is 0 Å². The van der Waals surface area contributed by atoms with Crippen LogP contribution in [0.3, 0.4) is 0 Å². The molecule has 1 fully saturated rings. The van der Waals surface area contributed by atoms with Crippen LogP contribution >= 0.6 is 0 Å². The molecule has 0 aromatic heterocycles. The van der Waals surface area contributed by atoms with Crippen molar-refractivity contribution in [2.24, 2.45) is 5.92 Å². The molecule has 3 nitrogen and oxygen atoms in total. The molecule has 1 unspecified atom stereocenters. The zero-order valence-corrected chi connectivity index (χ0v) is 9.98. The fourth-order valence-electron chi connectivity index (χ4n) is 3.01. The second-order valence-electron chi connectivity index (χ2n) is 5.12. The molecule has 1 N–H and O–H groups in total. The summed E-state index contributed by atoms with van der Waals surface area (Å²) in [7, 11) is 2.12. The van der Waals surface area contributed by atoms with Gasteiger partial charge in [-0.3, -0.25) is 4.90 Å². The Balaban J connectivity index is 2.10. The van der Waals surface area contributed by atoms with Crippen molar-refractivity contribution in [1.82, 2.24) is 4.90 Å². The Morgan fingerprint density at radius 2 is 2.06 bits per heavy atom. The van der Waals surface area contributed by atoms with Gasteiger partial charge in [-0.05, 0) is 32.2 Å². The summed E-state index contributed by atoms with van der Waals surface area (Å²) in [5.41, 5.74) is 0.619. The predicted octanol–water partition coefficient (Wildman–Crippen LogP) is 2.28. The average molecular weight is 223 g/mol. The van der Waals surface area contributed by atoms with E-state index in [9.17, 15) is 4.79 Å². The summed E-state index contributed by atoms with van der Waals surface area (Å²) in [5.74, 6) is -0.0534. The molecule has 0 amide bonds. The van der Waals surface area contributed by atoms with Gasteiger partial charge in [0.1, 0.15) is 0 Å². The molecule has 2 aliphatic rings. The van der Waals surface area contributed by atoms with Crippen LogP contribution < -0.4 is 0 Å². The quantitative estimate of drug-likeness (QED) is 0.780. The van der Waals surface area contributed by atoms with Gasteiger partial charge < -0.3 is 5.11 Å². The molecule has 1 atom stereocenters. The van der Waals surface area contributed by atoms with Crippen molar-refractivity contribution in [2.75, 3.05) is 13.6 Å². The third kappa shape index (κ3) is 2.46. The van der Waals surface area contributed by atoms with E-state index in [2.05, 4.69) is 11.9 Å². The number of carboxylic acids is 1. The van der Waals surface area contributed by atoms with Gasteiger partial charge in [0.05, 0.1) is 0 Å². The van der Waals surface area contributed by atoms with E-state index in [0.717, 1.165) is 6.54 Å². The number of carboxylic acid groups (broad SMARTS) is 1. The molecule has 0 saturated heterocycles. The molecule has 0 radical (unpaired) electrons. The largest absolute Gasteiger partial charge is 0.478 e. The molecular formula is C13H21NO2. The highest BCUT2D eigenvalue weighted by atomic mass is 16.4. The Morgan fingerprint density at radius 3 is 2.69 bits per heavy atom. The lowest BCUT2D eigenvalue weighted by Crippen LogP contribution is -2.41. The highest BCUT2D eigenvalue weighted by Crippen LogP contribution is 2.31. The number of carbonyl (C=O) groups is 1. The summed E-state index contributed by atoms with van der Waals surface area (Å²) in [6.45, 7) is 0.888. The van der Waals surface area contributed by atoms with Crippen LogP contribution in [-0.4, -0.2) is 35.6 Å². The van der Waals surface area contributed by atoms with Gasteiger partial charge in [-0.1, -0.05) is 25.3 Å². The Hall–Kier alpha value is -0.830. The Labute approximate surface area is 97.1 Å². The van der Waals surface area contributed by atoms with Crippen molar-refractivity contribution in [1.29, 1.82) is 0 Å². The number of likely N-dealkylation sites (N-methyl/N-ethyl adjacent to an activating group) is 1. The maximum Gasteiger partial charge on any atom is 0.331 e. The lowest BCUT2D eigenvalue weighted by Gasteiger charge is -2.37. The van der Waals surface area contributed by atoms with Crippen molar-refractivity contribution < 1.29 is 9.90 Å². The summed E-state index contributed by atoms with van der Waals surface area (Å²) < 4.78 is 0. The van der Waals surface area contributed by atoms with Crippen LogP contribution in [0.1, 0.15) is 38.5 Å². The van der Waals surface area contributed by atoms with E-state index in [1.807, 2.05) is 6.08 Å². The van der Waals surface area contributed by atoms with Crippen LogP contribution in [0, 0.1) is 5.92 Å². The van der Waals surface area contributed by atoms with Crippen LogP contribution in [0.2, 0.25) is 0 Å². The topological polar surface area (TPSA) is 40.5 Å². The van der Waals surface area contributed by atoms with Gasteiger partial charge in [-0.15, -0.1) is 0 Å². The van der Waals surface area contributed by atoms with Crippen molar-refractivity contribution in [3.63, 3.8) is 0 Å². The van der Waals surface area contributed by atoms with Crippen molar-refractivity contribution in [2.45, 2.75) is 44.6 Å². The van der Waals surface area contributed by atoms with Crippen molar-refractivity contribution in [3.05, 3.63) is 11.6 Å². The van der Waals surface area contributed by atoms with E-state index in [-0.39, 0.29) is 0 Å². The summed E-state index contributed by atoms with van der Waals surface area (Å²) >= 11 is 0. The molecule has 0 aromatic carbocycles. The molecule has 1 aliphatic carbocycles. The molecule has 1 aliphatic heterocycles. The van der Waals surface area contributed by atoms with Crippen LogP contribution in [0.25, 0.3) is 0 Å². The van der Waals surface area contributed by atoms with Gasteiger partial charge in [-0.25, -0.2) is 4.79 Å². The van der Waals surface area contributed by atoms with Crippen LogP contribution in [0.4, 0.5) is 0 Å².